The first-order valence-electron chi connectivity index (χ1n) is 12.0. The van der Waals surface area contributed by atoms with Gasteiger partial charge in [0, 0.05) is 22.7 Å². The topological polar surface area (TPSA) is 49.3 Å². The monoisotopic (exact) mass is 530 g/mol. The number of thiazole rings is 2. The highest BCUT2D eigenvalue weighted by Crippen LogP contribution is 2.39. The molecule has 0 fully saturated rings. The molecule has 0 saturated heterocycles. The maximum absolute atomic E-state index is 13.6. The zero-order valence-corrected chi connectivity index (χ0v) is 21.8. The van der Waals surface area contributed by atoms with Crippen LogP contribution in [-0.2, 0) is 0 Å². The summed E-state index contributed by atoms with van der Waals surface area (Å²) in [6.07, 6.45) is 3.32. The van der Waals surface area contributed by atoms with Crippen LogP contribution in [-0.4, -0.2) is 15.8 Å². The van der Waals surface area contributed by atoms with Gasteiger partial charge in [-0.05, 0) is 48.5 Å². The van der Waals surface area contributed by atoms with Crippen LogP contribution in [0.1, 0.15) is 14.5 Å². The van der Waals surface area contributed by atoms with Gasteiger partial charge in [-0.1, -0.05) is 95.5 Å². The molecule has 5 nitrogen and oxygen atoms in total. The van der Waals surface area contributed by atoms with Crippen LogP contribution in [0.4, 0.5) is 33.0 Å². The summed E-state index contributed by atoms with van der Waals surface area (Å²) in [5, 5.41) is 1.45. The Hall–Kier alpha value is -4.59. The molecule has 0 radical (unpaired) electrons. The summed E-state index contributed by atoms with van der Waals surface area (Å²) >= 11 is 2.75. The van der Waals surface area contributed by atoms with Crippen LogP contribution in [0.25, 0.3) is 0 Å². The van der Waals surface area contributed by atoms with E-state index in [-0.39, 0.29) is 5.78 Å². The summed E-state index contributed by atoms with van der Waals surface area (Å²) in [6.45, 7) is 0. The number of benzene rings is 4. The van der Waals surface area contributed by atoms with Gasteiger partial charge in [0.1, 0.15) is 0 Å². The maximum Gasteiger partial charge on any atom is 0.216 e. The molecule has 6 rings (SSSR count). The van der Waals surface area contributed by atoms with E-state index in [2.05, 4.69) is 19.8 Å². The van der Waals surface area contributed by atoms with Gasteiger partial charge in [-0.25, -0.2) is 9.97 Å². The highest BCUT2D eigenvalue weighted by molar-refractivity contribution is 7.21. The number of aromatic nitrogens is 2. The fourth-order valence-electron chi connectivity index (χ4n) is 4.12. The van der Waals surface area contributed by atoms with E-state index in [1.807, 2.05) is 121 Å². The molecule has 0 N–H and O–H groups in total. The average molecular weight is 531 g/mol. The molecule has 0 spiro atoms. The Morgan fingerprint density at radius 1 is 0.474 bits per heavy atom. The number of hydrogen-bond acceptors (Lipinski definition) is 7. The number of anilines is 6. The molecule has 0 aliphatic rings. The zero-order valence-electron chi connectivity index (χ0n) is 20.2. The first-order chi connectivity index (χ1) is 18.8. The predicted octanol–water partition coefficient (Wildman–Crippen LogP) is 8.77. The number of nitrogens with zero attached hydrogens (tertiary/aromatic N) is 4. The third-order valence-corrected chi connectivity index (χ3v) is 7.84. The number of ketones is 1. The summed E-state index contributed by atoms with van der Waals surface area (Å²) in [5.41, 5.74) is 3.92. The molecule has 184 valence electrons. The van der Waals surface area contributed by atoms with Crippen molar-refractivity contribution in [2.75, 3.05) is 9.80 Å². The van der Waals surface area contributed by atoms with Gasteiger partial charge in [-0.2, -0.15) is 0 Å². The Kier molecular flexibility index (Phi) is 6.76. The van der Waals surface area contributed by atoms with Crippen LogP contribution in [0.2, 0.25) is 0 Å². The second kappa shape index (κ2) is 10.8. The van der Waals surface area contributed by atoms with Gasteiger partial charge < -0.3 is 0 Å². The summed E-state index contributed by atoms with van der Waals surface area (Å²) in [6, 6.07) is 40.2. The summed E-state index contributed by atoms with van der Waals surface area (Å²) in [4.78, 5) is 28.1. The van der Waals surface area contributed by atoms with E-state index in [0.29, 0.717) is 9.75 Å². The van der Waals surface area contributed by atoms with Crippen LogP contribution in [0, 0.1) is 0 Å². The summed E-state index contributed by atoms with van der Waals surface area (Å²) in [7, 11) is 0. The van der Waals surface area contributed by atoms with Crippen LogP contribution in [0.5, 0.6) is 0 Å². The largest absolute Gasteiger partial charge is 0.287 e. The Morgan fingerprint density at radius 3 is 1.05 bits per heavy atom. The minimum Gasteiger partial charge on any atom is -0.287 e. The third kappa shape index (κ3) is 4.85. The van der Waals surface area contributed by atoms with Gasteiger partial charge in [-0.15, -0.1) is 0 Å². The molecule has 0 aliphatic heterocycles. The SMILES string of the molecule is O=C(c1cnc(N(c2ccccc2)c2ccccc2)s1)c1cnc(N(c2ccccc2)c2ccccc2)s1. The lowest BCUT2D eigenvalue weighted by Crippen LogP contribution is -2.09. The zero-order chi connectivity index (χ0) is 25.7. The number of carbonyl (C=O) groups is 1. The quantitative estimate of drug-likeness (QED) is 0.184. The number of carbonyl (C=O) groups excluding carboxylic acids is 1. The number of hydrogen-bond donors (Lipinski definition) is 0. The Morgan fingerprint density at radius 2 is 0.763 bits per heavy atom. The van der Waals surface area contributed by atoms with E-state index >= 15 is 0 Å². The lowest BCUT2D eigenvalue weighted by Gasteiger charge is -2.22. The number of rotatable bonds is 8. The highest BCUT2D eigenvalue weighted by Gasteiger charge is 2.23. The van der Waals surface area contributed by atoms with Crippen LogP contribution >= 0.6 is 22.7 Å². The van der Waals surface area contributed by atoms with Gasteiger partial charge in [0.05, 0.1) is 22.1 Å². The maximum atomic E-state index is 13.6. The van der Waals surface area contributed by atoms with Crippen molar-refractivity contribution in [3.8, 4) is 0 Å². The Bertz CT molecular complexity index is 1430. The van der Waals surface area contributed by atoms with Gasteiger partial charge in [0.2, 0.25) is 5.78 Å². The van der Waals surface area contributed by atoms with Crippen molar-refractivity contribution in [3.63, 3.8) is 0 Å². The van der Waals surface area contributed by atoms with E-state index in [1.165, 1.54) is 22.7 Å². The fraction of sp³-hybridized carbons (Fsp3) is 0. The Labute approximate surface area is 228 Å². The van der Waals surface area contributed by atoms with Crippen LogP contribution in [0.15, 0.2) is 134 Å². The van der Waals surface area contributed by atoms with Crippen molar-refractivity contribution in [3.05, 3.63) is 143 Å². The van der Waals surface area contributed by atoms with Gasteiger partial charge in [-0.3, -0.25) is 14.6 Å². The van der Waals surface area contributed by atoms with Crippen molar-refractivity contribution in [2.45, 2.75) is 0 Å². The Balaban J connectivity index is 1.33. The summed E-state index contributed by atoms with van der Waals surface area (Å²) < 4.78 is 0. The molecule has 2 heterocycles. The molecule has 0 aliphatic carbocycles. The normalized spacial score (nSPS) is 10.7. The molecule has 2 aromatic heterocycles. The van der Waals surface area contributed by atoms with Gasteiger partial charge >= 0.3 is 0 Å². The second-order valence-corrected chi connectivity index (χ2v) is 10.4. The molecule has 0 unspecified atom stereocenters. The molecule has 0 amide bonds. The summed E-state index contributed by atoms with van der Waals surface area (Å²) in [5.74, 6) is -0.0837. The molecule has 7 heteroatoms. The van der Waals surface area contributed by atoms with Crippen molar-refractivity contribution >= 4 is 61.5 Å². The van der Waals surface area contributed by atoms with E-state index in [0.717, 1.165) is 33.0 Å². The standard InChI is InChI=1S/C31H22N4OS2/c36-29(27-21-32-30(37-27)34(23-13-5-1-6-14-23)24-15-7-2-8-16-24)28-22-33-31(38-28)35(25-17-9-3-10-18-25)26-19-11-4-12-20-26/h1-22H. The third-order valence-electron chi connectivity index (χ3n) is 5.87. The van der Waals surface area contributed by atoms with E-state index in [9.17, 15) is 4.79 Å². The second-order valence-electron chi connectivity index (χ2n) is 8.36. The molecule has 38 heavy (non-hydrogen) atoms. The van der Waals surface area contributed by atoms with E-state index < -0.39 is 0 Å². The van der Waals surface area contributed by atoms with Crippen LogP contribution in [0.3, 0.4) is 0 Å². The molecular formula is C31H22N4OS2. The molecule has 4 aromatic carbocycles. The average Bonchev–Trinajstić information content (AvgIpc) is 3.66. The first kappa shape index (κ1) is 23.8. The predicted molar refractivity (Wildman–Crippen MR) is 157 cm³/mol. The van der Waals surface area contributed by atoms with Crippen molar-refractivity contribution < 1.29 is 4.79 Å². The van der Waals surface area contributed by atoms with Gasteiger partial charge in [0.15, 0.2) is 10.3 Å². The highest BCUT2D eigenvalue weighted by atomic mass is 32.1. The fourth-order valence-corrected chi connectivity index (χ4v) is 6.01. The smallest absolute Gasteiger partial charge is 0.216 e. The minimum atomic E-state index is -0.0837. The molecule has 0 bridgehead atoms. The molecular weight excluding hydrogens is 509 g/mol. The number of para-hydroxylation sites is 4. The van der Waals surface area contributed by atoms with Crippen molar-refractivity contribution in [1.29, 1.82) is 0 Å². The molecule has 6 aromatic rings. The minimum absolute atomic E-state index is 0.0837. The van der Waals surface area contributed by atoms with Crippen molar-refractivity contribution in [1.82, 2.24) is 9.97 Å². The van der Waals surface area contributed by atoms with E-state index in [1.54, 1.807) is 12.4 Å². The molecule has 0 atom stereocenters. The first-order valence-corrected chi connectivity index (χ1v) is 13.7. The van der Waals surface area contributed by atoms with Gasteiger partial charge in [0.25, 0.3) is 0 Å². The van der Waals surface area contributed by atoms with Crippen LogP contribution < -0.4 is 9.80 Å². The van der Waals surface area contributed by atoms with Crippen molar-refractivity contribution in [2.24, 2.45) is 0 Å². The lowest BCUT2D eigenvalue weighted by molar-refractivity contribution is 0.104. The molecule has 0 saturated carbocycles. The lowest BCUT2D eigenvalue weighted by atomic mass is 10.2. The van der Waals surface area contributed by atoms with E-state index in [4.69, 9.17) is 0 Å².